The summed E-state index contributed by atoms with van der Waals surface area (Å²) in [7, 11) is 0. The van der Waals surface area contributed by atoms with Crippen molar-refractivity contribution in [2.75, 3.05) is 6.54 Å². The maximum atomic E-state index is 12.7. The molecule has 1 atom stereocenters. The van der Waals surface area contributed by atoms with Crippen LogP contribution < -0.4 is 0 Å². The summed E-state index contributed by atoms with van der Waals surface area (Å²) < 4.78 is 5.31. The van der Waals surface area contributed by atoms with E-state index in [1.54, 1.807) is 12.4 Å². The van der Waals surface area contributed by atoms with Crippen LogP contribution >= 0.6 is 0 Å². The topological polar surface area (TPSA) is 75.0 Å². The van der Waals surface area contributed by atoms with E-state index in [0.717, 1.165) is 50.2 Å². The molecule has 0 spiro atoms. The minimum Gasteiger partial charge on any atom is -0.360 e. The predicted octanol–water partition coefficient (Wildman–Crippen LogP) is 2.64. The Labute approximate surface area is 122 Å². The van der Waals surface area contributed by atoms with Crippen molar-refractivity contribution in [2.45, 2.75) is 44.1 Å². The summed E-state index contributed by atoms with van der Waals surface area (Å²) in [5, 5.41) is 3.97. The highest BCUT2D eigenvalue weighted by atomic mass is 16.5. The van der Waals surface area contributed by atoms with Crippen LogP contribution in [-0.2, 0) is 0 Å². The van der Waals surface area contributed by atoms with E-state index in [1.165, 1.54) is 0 Å². The van der Waals surface area contributed by atoms with Crippen LogP contribution in [-0.4, -0.2) is 32.5 Å². The summed E-state index contributed by atoms with van der Waals surface area (Å²) in [6.45, 7) is 0.746. The second-order valence-corrected chi connectivity index (χ2v) is 5.87. The molecule has 0 aromatic carbocycles. The van der Waals surface area contributed by atoms with Crippen LogP contribution in [0.2, 0.25) is 0 Å². The van der Waals surface area contributed by atoms with E-state index in [1.807, 2.05) is 11.0 Å². The van der Waals surface area contributed by atoms with Crippen molar-refractivity contribution >= 4 is 5.91 Å². The van der Waals surface area contributed by atoms with Crippen LogP contribution in [0, 0.1) is 0 Å². The lowest BCUT2D eigenvalue weighted by molar-refractivity contribution is 0.0590. The second-order valence-electron chi connectivity index (χ2n) is 5.87. The number of imidazole rings is 1. The molecule has 1 aliphatic heterocycles. The molecule has 1 amide bonds. The zero-order chi connectivity index (χ0) is 14.2. The van der Waals surface area contributed by atoms with Gasteiger partial charge in [-0.25, -0.2) is 4.98 Å². The lowest BCUT2D eigenvalue weighted by Gasteiger charge is -2.33. The van der Waals surface area contributed by atoms with Crippen molar-refractivity contribution in [3.05, 3.63) is 35.7 Å². The van der Waals surface area contributed by atoms with Crippen LogP contribution in [0.25, 0.3) is 0 Å². The van der Waals surface area contributed by atoms with E-state index in [0.29, 0.717) is 11.6 Å². The quantitative estimate of drug-likeness (QED) is 0.941. The molecule has 1 N–H and O–H groups in total. The predicted molar refractivity (Wildman–Crippen MR) is 74.7 cm³/mol. The van der Waals surface area contributed by atoms with Crippen LogP contribution in [0.1, 0.15) is 66.1 Å². The number of hydrogen-bond donors (Lipinski definition) is 1. The maximum Gasteiger partial charge on any atom is 0.276 e. The number of piperidine rings is 1. The highest BCUT2D eigenvalue weighted by molar-refractivity contribution is 5.92. The highest BCUT2D eigenvalue weighted by Crippen LogP contribution is 2.40. The molecule has 1 saturated carbocycles. The van der Waals surface area contributed by atoms with E-state index in [4.69, 9.17) is 4.52 Å². The number of H-pyrrole nitrogens is 1. The second kappa shape index (κ2) is 5.02. The Morgan fingerprint density at radius 3 is 3.00 bits per heavy atom. The van der Waals surface area contributed by atoms with Gasteiger partial charge in [0, 0.05) is 30.9 Å². The number of carbonyl (C=O) groups excluding carboxylic acids is 1. The van der Waals surface area contributed by atoms with Gasteiger partial charge in [-0.1, -0.05) is 5.16 Å². The molecule has 2 fully saturated rings. The van der Waals surface area contributed by atoms with E-state index in [-0.39, 0.29) is 11.9 Å². The van der Waals surface area contributed by atoms with Crippen molar-refractivity contribution in [1.82, 2.24) is 20.0 Å². The number of carbonyl (C=O) groups is 1. The van der Waals surface area contributed by atoms with E-state index in [9.17, 15) is 4.79 Å². The molecule has 6 heteroatoms. The lowest BCUT2D eigenvalue weighted by atomic mass is 10.0. The first-order valence-corrected chi connectivity index (χ1v) is 7.60. The Morgan fingerprint density at radius 2 is 2.24 bits per heavy atom. The molecule has 1 saturated heterocycles. The molecule has 1 aliphatic carbocycles. The molecule has 110 valence electrons. The third-order valence-corrected chi connectivity index (χ3v) is 4.33. The minimum atomic E-state index is -0.0493. The monoisotopic (exact) mass is 286 g/mol. The Kier molecular flexibility index (Phi) is 3.02. The first-order chi connectivity index (χ1) is 10.3. The van der Waals surface area contributed by atoms with Crippen molar-refractivity contribution in [3.63, 3.8) is 0 Å². The molecular formula is C15H18N4O2. The molecule has 2 aliphatic rings. The van der Waals surface area contributed by atoms with E-state index < -0.39 is 0 Å². The van der Waals surface area contributed by atoms with Gasteiger partial charge in [0.05, 0.1) is 6.04 Å². The van der Waals surface area contributed by atoms with Gasteiger partial charge in [-0.15, -0.1) is 0 Å². The molecule has 2 aromatic heterocycles. The molecular weight excluding hydrogens is 268 g/mol. The summed E-state index contributed by atoms with van der Waals surface area (Å²) >= 11 is 0. The zero-order valence-corrected chi connectivity index (χ0v) is 11.8. The first kappa shape index (κ1) is 12.6. The Hall–Kier alpha value is -2.11. The number of likely N-dealkylation sites (tertiary alicyclic amines) is 1. The van der Waals surface area contributed by atoms with E-state index in [2.05, 4.69) is 15.1 Å². The number of aromatic amines is 1. The molecule has 6 nitrogen and oxygen atoms in total. The fourth-order valence-corrected chi connectivity index (χ4v) is 3.02. The van der Waals surface area contributed by atoms with Gasteiger partial charge in [-0.05, 0) is 32.1 Å². The van der Waals surface area contributed by atoms with E-state index >= 15 is 0 Å². The molecule has 0 unspecified atom stereocenters. The number of aromatic nitrogens is 3. The number of nitrogens with zero attached hydrogens (tertiary/aromatic N) is 3. The highest BCUT2D eigenvalue weighted by Gasteiger charge is 2.33. The van der Waals surface area contributed by atoms with Crippen LogP contribution in [0.3, 0.4) is 0 Å². The van der Waals surface area contributed by atoms with Gasteiger partial charge >= 0.3 is 0 Å². The molecule has 0 bridgehead atoms. The summed E-state index contributed by atoms with van der Waals surface area (Å²) in [5.74, 6) is 2.13. The van der Waals surface area contributed by atoms with Crippen LogP contribution in [0.4, 0.5) is 0 Å². The van der Waals surface area contributed by atoms with Gasteiger partial charge < -0.3 is 14.4 Å². The van der Waals surface area contributed by atoms with Gasteiger partial charge in [0.25, 0.3) is 5.91 Å². The standard InChI is InChI=1S/C15H18N4O2/c20-15(11-9-13(21-18-11)10-4-5-10)19-8-2-1-3-12(19)14-16-6-7-17-14/h6-7,9-10,12H,1-5,8H2,(H,16,17)/t12-/m0/s1. The maximum absolute atomic E-state index is 12.7. The third-order valence-electron chi connectivity index (χ3n) is 4.33. The number of rotatable bonds is 3. The van der Waals surface area contributed by atoms with Crippen LogP contribution in [0.15, 0.2) is 23.0 Å². The van der Waals surface area contributed by atoms with Crippen molar-refractivity contribution < 1.29 is 9.32 Å². The minimum absolute atomic E-state index is 0.0160. The summed E-state index contributed by atoms with van der Waals surface area (Å²) in [5.41, 5.74) is 0.426. The largest absolute Gasteiger partial charge is 0.360 e. The Balaban J connectivity index is 1.58. The van der Waals surface area contributed by atoms with Crippen molar-refractivity contribution in [2.24, 2.45) is 0 Å². The fraction of sp³-hybridized carbons (Fsp3) is 0.533. The molecule has 3 heterocycles. The van der Waals surface area contributed by atoms with Crippen molar-refractivity contribution in [1.29, 1.82) is 0 Å². The molecule has 0 radical (unpaired) electrons. The van der Waals surface area contributed by atoms with Gasteiger partial charge in [0.2, 0.25) is 0 Å². The smallest absolute Gasteiger partial charge is 0.276 e. The van der Waals surface area contributed by atoms with Gasteiger partial charge in [-0.3, -0.25) is 4.79 Å². The van der Waals surface area contributed by atoms with Gasteiger partial charge in [-0.2, -0.15) is 0 Å². The number of amides is 1. The average molecular weight is 286 g/mol. The molecule has 21 heavy (non-hydrogen) atoms. The first-order valence-electron chi connectivity index (χ1n) is 7.60. The average Bonchev–Trinajstić information content (AvgIpc) is 3.05. The Bertz CT molecular complexity index is 630. The van der Waals surface area contributed by atoms with Gasteiger partial charge in [0.15, 0.2) is 5.69 Å². The van der Waals surface area contributed by atoms with Gasteiger partial charge in [0.1, 0.15) is 11.6 Å². The SMILES string of the molecule is O=C(c1cc(C2CC2)on1)N1CCCC[C@H]1c1ncc[nH]1. The normalized spacial score (nSPS) is 22.5. The summed E-state index contributed by atoms with van der Waals surface area (Å²) in [6, 6.07) is 1.83. The number of nitrogens with one attached hydrogen (secondary N) is 1. The summed E-state index contributed by atoms with van der Waals surface area (Å²) in [4.78, 5) is 22.0. The Morgan fingerprint density at radius 1 is 1.33 bits per heavy atom. The molecule has 2 aromatic rings. The summed E-state index contributed by atoms with van der Waals surface area (Å²) in [6.07, 6.45) is 8.88. The lowest BCUT2D eigenvalue weighted by Crippen LogP contribution is -2.39. The zero-order valence-electron chi connectivity index (χ0n) is 11.8. The van der Waals surface area contributed by atoms with Crippen LogP contribution in [0.5, 0.6) is 0 Å². The van der Waals surface area contributed by atoms with Crippen molar-refractivity contribution in [3.8, 4) is 0 Å². The third kappa shape index (κ3) is 2.34. The fourth-order valence-electron chi connectivity index (χ4n) is 3.02. The molecule has 4 rings (SSSR count). The number of hydrogen-bond acceptors (Lipinski definition) is 4.